The molecule has 0 saturated heterocycles. The van der Waals surface area contributed by atoms with Crippen LogP contribution >= 0.6 is 11.3 Å². The number of rotatable bonds is 3. The van der Waals surface area contributed by atoms with Gasteiger partial charge >= 0.3 is 0 Å². The van der Waals surface area contributed by atoms with Gasteiger partial charge in [-0.1, -0.05) is 11.8 Å². The lowest BCUT2D eigenvalue weighted by Gasteiger charge is -2.01. The number of aryl methyl sites for hydroxylation is 2. The lowest BCUT2D eigenvalue weighted by atomic mass is 10.2. The highest BCUT2D eigenvalue weighted by atomic mass is 32.1. The SMILES string of the molecule is Cc1cc(C(=O)NCc2cc(C#CCO)cs2)c(C)o1. The highest BCUT2D eigenvalue weighted by molar-refractivity contribution is 7.10. The van der Waals surface area contributed by atoms with Gasteiger partial charge in [0.25, 0.3) is 5.91 Å². The van der Waals surface area contributed by atoms with Crippen LogP contribution in [0.1, 0.15) is 32.3 Å². The molecular weight excluding hydrogens is 274 g/mol. The van der Waals surface area contributed by atoms with E-state index >= 15 is 0 Å². The molecule has 0 saturated carbocycles. The second kappa shape index (κ2) is 6.42. The van der Waals surface area contributed by atoms with Gasteiger partial charge in [0.1, 0.15) is 18.1 Å². The van der Waals surface area contributed by atoms with Crippen molar-refractivity contribution in [1.29, 1.82) is 0 Å². The molecule has 2 rings (SSSR count). The van der Waals surface area contributed by atoms with Gasteiger partial charge in [0.2, 0.25) is 0 Å². The number of hydrogen-bond acceptors (Lipinski definition) is 4. The fourth-order valence-corrected chi connectivity index (χ4v) is 2.56. The van der Waals surface area contributed by atoms with Crippen molar-refractivity contribution in [3.8, 4) is 11.8 Å². The van der Waals surface area contributed by atoms with E-state index in [1.165, 1.54) is 11.3 Å². The molecule has 1 amide bonds. The number of carbonyl (C=O) groups is 1. The quantitative estimate of drug-likeness (QED) is 0.852. The van der Waals surface area contributed by atoms with Crippen molar-refractivity contribution in [2.45, 2.75) is 20.4 Å². The van der Waals surface area contributed by atoms with Crippen molar-refractivity contribution in [2.75, 3.05) is 6.61 Å². The van der Waals surface area contributed by atoms with Gasteiger partial charge in [-0.05, 0) is 26.0 Å². The molecule has 0 bridgehead atoms. The Hall–Kier alpha value is -2.03. The molecule has 0 aliphatic rings. The minimum absolute atomic E-state index is 0.143. The average Bonchev–Trinajstić information content (AvgIpc) is 3.00. The first-order valence-corrected chi connectivity index (χ1v) is 7.00. The molecule has 0 unspecified atom stereocenters. The predicted octanol–water partition coefficient (Wildman–Crippen LogP) is 2.23. The van der Waals surface area contributed by atoms with Gasteiger partial charge < -0.3 is 14.8 Å². The maximum absolute atomic E-state index is 12.0. The second-order valence-corrected chi connectivity index (χ2v) is 5.27. The van der Waals surface area contributed by atoms with Crippen LogP contribution in [-0.2, 0) is 6.54 Å². The van der Waals surface area contributed by atoms with E-state index in [9.17, 15) is 4.79 Å². The minimum Gasteiger partial charge on any atom is -0.466 e. The lowest BCUT2D eigenvalue weighted by Crippen LogP contribution is -2.22. The van der Waals surface area contributed by atoms with Crippen LogP contribution in [0.5, 0.6) is 0 Å². The van der Waals surface area contributed by atoms with Crippen LogP contribution in [0.3, 0.4) is 0 Å². The van der Waals surface area contributed by atoms with E-state index in [2.05, 4.69) is 17.2 Å². The second-order valence-electron chi connectivity index (χ2n) is 4.27. The summed E-state index contributed by atoms with van der Waals surface area (Å²) in [6.45, 7) is 3.89. The monoisotopic (exact) mass is 289 g/mol. The predicted molar refractivity (Wildman–Crippen MR) is 77.6 cm³/mol. The van der Waals surface area contributed by atoms with Crippen LogP contribution in [0.25, 0.3) is 0 Å². The molecule has 104 valence electrons. The van der Waals surface area contributed by atoms with Crippen LogP contribution in [0.15, 0.2) is 21.9 Å². The Kier molecular flexibility index (Phi) is 4.61. The summed E-state index contributed by atoms with van der Waals surface area (Å²) < 4.78 is 5.34. The number of nitrogens with one attached hydrogen (secondary N) is 1. The summed E-state index contributed by atoms with van der Waals surface area (Å²) in [5.41, 5.74) is 1.42. The molecule has 0 radical (unpaired) electrons. The van der Waals surface area contributed by atoms with Crippen molar-refractivity contribution >= 4 is 17.2 Å². The zero-order valence-corrected chi connectivity index (χ0v) is 12.1. The largest absolute Gasteiger partial charge is 0.466 e. The van der Waals surface area contributed by atoms with Crippen molar-refractivity contribution in [2.24, 2.45) is 0 Å². The number of thiophene rings is 1. The first kappa shape index (κ1) is 14.4. The third-order valence-electron chi connectivity index (χ3n) is 2.67. The molecule has 4 nitrogen and oxygen atoms in total. The highest BCUT2D eigenvalue weighted by Crippen LogP contribution is 2.16. The summed E-state index contributed by atoms with van der Waals surface area (Å²) in [5.74, 6) is 6.63. The number of hydrogen-bond donors (Lipinski definition) is 2. The van der Waals surface area contributed by atoms with E-state index in [4.69, 9.17) is 9.52 Å². The average molecular weight is 289 g/mol. The maximum atomic E-state index is 12.0. The zero-order valence-electron chi connectivity index (χ0n) is 11.3. The molecule has 20 heavy (non-hydrogen) atoms. The summed E-state index contributed by atoms with van der Waals surface area (Å²) in [5, 5.41) is 13.4. The van der Waals surface area contributed by atoms with Crippen molar-refractivity contribution < 1.29 is 14.3 Å². The molecule has 5 heteroatoms. The van der Waals surface area contributed by atoms with E-state index in [1.54, 1.807) is 13.0 Å². The summed E-state index contributed by atoms with van der Waals surface area (Å²) in [6.07, 6.45) is 0. The summed E-state index contributed by atoms with van der Waals surface area (Å²) in [6, 6.07) is 3.64. The third-order valence-corrected chi connectivity index (χ3v) is 3.61. The number of amides is 1. The number of carbonyl (C=O) groups excluding carboxylic acids is 1. The number of furan rings is 1. The van der Waals surface area contributed by atoms with Gasteiger partial charge in [-0.15, -0.1) is 11.3 Å². The Bertz CT molecular complexity index is 673. The summed E-state index contributed by atoms with van der Waals surface area (Å²) in [7, 11) is 0. The molecule has 0 fully saturated rings. The van der Waals surface area contributed by atoms with Crippen LogP contribution in [0.2, 0.25) is 0 Å². The molecular formula is C15H15NO3S. The Morgan fingerprint density at radius 2 is 2.25 bits per heavy atom. The van der Waals surface area contributed by atoms with Gasteiger partial charge in [0, 0.05) is 15.8 Å². The van der Waals surface area contributed by atoms with E-state index in [-0.39, 0.29) is 12.5 Å². The number of aliphatic hydroxyl groups is 1. The fourth-order valence-electron chi connectivity index (χ4n) is 1.80. The molecule has 0 aromatic carbocycles. The normalized spacial score (nSPS) is 9.95. The Labute approximate surface area is 121 Å². The van der Waals surface area contributed by atoms with Crippen LogP contribution in [0.4, 0.5) is 0 Å². The fraction of sp³-hybridized carbons (Fsp3) is 0.267. The van der Waals surface area contributed by atoms with Crippen molar-refractivity contribution in [3.05, 3.63) is 45.0 Å². The van der Waals surface area contributed by atoms with E-state index < -0.39 is 0 Å². The Morgan fingerprint density at radius 3 is 2.90 bits per heavy atom. The van der Waals surface area contributed by atoms with Crippen LogP contribution < -0.4 is 5.32 Å². The zero-order chi connectivity index (χ0) is 14.5. The summed E-state index contributed by atoms with van der Waals surface area (Å²) in [4.78, 5) is 13.0. The molecule has 2 aromatic heterocycles. The van der Waals surface area contributed by atoms with Crippen molar-refractivity contribution in [3.63, 3.8) is 0 Å². The molecule has 0 aliphatic heterocycles. The highest BCUT2D eigenvalue weighted by Gasteiger charge is 2.13. The van der Waals surface area contributed by atoms with E-state index in [0.717, 1.165) is 16.2 Å². The van der Waals surface area contributed by atoms with Gasteiger partial charge in [-0.3, -0.25) is 4.79 Å². The van der Waals surface area contributed by atoms with Gasteiger partial charge in [-0.25, -0.2) is 0 Å². The van der Waals surface area contributed by atoms with E-state index in [1.807, 2.05) is 18.4 Å². The lowest BCUT2D eigenvalue weighted by molar-refractivity contribution is 0.0950. The standard InChI is InChI=1S/C15H15NO3S/c1-10-6-14(11(2)19-10)15(18)16-8-13-7-12(9-20-13)4-3-5-17/h6-7,9,17H,5,8H2,1-2H3,(H,16,18). The van der Waals surface area contributed by atoms with Crippen molar-refractivity contribution in [1.82, 2.24) is 5.32 Å². The summed E-state index contributed by atoms with van der Waals surface area (Å²) >= 11 is 1.52. The molecule has 2 N–H and O–H groups in total. The molecule has 0 aliphatic carbocycles. The Morgan fingerprint density at radius 1 is 1.45 bits per heavy atom. The van der Waals surface area contributed by atoms with Gasteiger partial charge in [0.05, 0.1) is 12.1 Å². The smallest absolute Gasteiger partial charge is 0.255 e. The third kappa shape index (κ3) is 3.50. The topological polar surface area (TPSA) is 62.5 Å². The molecule has 0 atom stereocenters. The molecule has 2 aromatic rings. The minimum atomic E-state index is -0.152. The van der Waals surface area contributed by atoms with Crippen LogP contribution in [0, 0.1) is 25.7 Å². The Balaban J connectivity index is 1.96. The molecule has 0 spiro atoms. The van der Waals surface area contributed by atoms with Gasteiger partial charge in [-0.2, -0.15) is 0 Å². The maximum Gasteiger partial charge on any atom is 0.255 e. The van der Waals surface area contributed by atoms with Gasteiger partial charge in [0.15, 0.2) is 0 Å². The number of aliphatic hydroxyl groups excluding tert-OH is 1. The molecule has 2 heterocycles. The first-order valence-electron chi connectivity index (χ1n) is 6.12. The van der Waals surface area contributed by atoms with E-state index in [0.29, 0.717) is 17.9 Å². The first-order chi connectivity index (χ1) is 9.60. The van der Waals surface area contributed by atoms with Crippen LogP contribution in [-0.4, -0.2) is 17.6 Å².